The summed E-state index contributed by atoms with van der Waals surface area (Å²) < 4.78 is 24.2. The highest BCUT2D eigenvalue weighted by Crippen LogP contribution is 2.20. The molecule has 0 saturated heterocycles. The Bertz CT molecular complexity index is 344. The maximum Gasteiger partial charge on any atom is 0.123 e. The Morgan fingerprint density at radius 2 is 2.06 bits per heavy atom. The standard InChI is InChI=1S/C14H22FNO2/c1-3-7-17-8-9-18-14(11(2)16)12-5-4-6-13(15)10-12/h4-6,10-11,14H,3,7-9,16H2,1-2H3. The molecule has 1 aromatic carbocycles. The van der Waals surface area contributed by atoms with Gasteiger partial charge in [0, 0.05) is 12.6 Å². The maximum atomic E-state index is 13.2. The van der Waals surface area contributed by atoms with Crippen LogP contribution in [0, 0.1) is 5.82 Å². The van der Waals surface area contributed by atoms with Gasteiger partial charge in [-0.15, -0.1) is 0 Å². The number of halogens is 1. The van der Waals surface area contributed by atoms with E-state index in [9.17, 15) is 4.39 Å². The number of benzene rings is 1. The smallest absolute Gasteiger partial charge is 0.123 e. The fraction of sp³-hybridized carbons (Fsp3) is 0.571. The van der Waals surface area contributed by atoms with Gasteiger partial charge in [-0.05, 0) is 31.0 Å². The van der Waals surface area contributed by atoms with E-state index in [-0.39, 0.29) is 18.0 Å². The molecule has 0 aliphatic carbocycles. The molecule has 102 valence electrons. The third-order valence-electron chi connectivity index (χ3n) is 2.53. The molecule has 0 aromatic heterocycles. The van der Waals surface area contributed by atoms with E-state index in [4.69, 9.17) is 15.2 Å². The summed E-state index contributed by atoms with van der Waals surface area (Å²) in [5, 5.41) is 0. The summed E-state index contributed by atoms with van der Waals surface area (Å²) in [6.45, 7) is 5.63. The molecule has 0 aliphatic rings. The van der Waals surface area contributed by atoms with Crippen LogP contribution in [-0.4, -0.2) is 25.9 Å². The van der Waals surface area contributed by atoms with Crippen molar-refractivity contribution in [2.24, 2.45) is 5.73 Å². The van der Waals surface area contributed by atoms with Gasteiger partial charge in [0.05, 0.1) is 19.3 Å². The van der Waals surface area contributed by atoms with Gasteiger partial charge in [0.1, 0.15) is 5.82 Å². The minimum absolute atomic E-state index is 0.196. The van der Waals surface area contributed by atoms with E-state index in [2.05, 4.69) is 6.92 Å². The van der Waals surface area contributed by atoms with Crippen LogP contribution in [0.15, 0.2) is 24.3 Å². The summed E-state index contributed by atoms with van der Waals surface area (Å²) >= 11 is 0. The molecule has 2 atom stereocenters. The predicted molar refractivity (Wildman–Crippen MR) is 69.9 cm³/mol. The minimum Gasteiger partial charge on any atom is -0.379 e. The molecule has 0 amide bonds. The quantitative estimate of drug-likeness (QED) is 0.726. The Labute approximate surface area is 108 Å². The molecule has 2 N–H and O–H groups in total. The van der Waals surface area contributed by atoms with E-state index in [0.29, 0.717) is 13.2 Å². The lowest BCUT2D eigenvalue weighted by Gasteiger charge is -2.22. The largest absolute Gasteiger partial charge is 0.379 e. The van der Waals surface area contributed by atoms with Crippen LogP contribution in [0.5, 0.6) is 0 Å². The van der Waals surface area contributed by atoms with Gasteiger partial charge < -0.3 is 15.2 Å². The Morgan fingerprint density at radius 3 is 2.67 bits per heavy atom. The van der Waals surface area contributed by atoms with Crippen molar-refractivity contribution in [1.82, 2.24) is 0 Å². The van der Waals surface area contributed by atoms with Crippen molar-refractivity contribution in [3.8, 4) is 0 Å². The van der Waals surface area contributed by atoms with Crippen LogP contribution in [0.2, 0.25) is 0 Å². The second-order valence-electron chi connectivity index (χ2n) is 4.32. The molecule has 0 saturated carbocycles. The van der Waals surface area contributed by atoms with Gasteiger partial charge in [-0.2, -0.15) is 0 Å². The first-order chi connectivity index (χ1) is 8.65. The summed E-state index contributed by atoms with van der Waals surface area (Å²) in [6, 6.07) is 6.16. The molecule has 0 radical (unpaired) electrons. The molecule has 4 heteroatoms. The van der Waals surface area contributed by atoms with Crippen LogP contribution in [-0.2, 0) is 9.47 Å². The van der Waals surface area contributed by atoms with Gasteiger partial charge in [-0.25, -0.2) is 4.39 Å². The number of ether oxygens (including phenoxy) is 2. The van der Waals surface area contributed by atoms with Crippen LogP contribution in [0.4, 0.5) is 4.39 Å². The number of hydrogen-bond acceptors (Lipinski definition) is 3. The van der Waals surface area contributed by atoms with Crippen molar-refractivity contribution in [2.75, 3.05) is 19.8 Å². The molecule has 0 aliphatic heterocycles. The third-order valence-corrected chi connectivity index (χ3v) is 2.53. The molecule has 3 nitrogen and oxygen atoms in total. The highest BCUT2D eigenvalue weighted by molar-refractivity contribution is 5.20. The number of hydrogen-bond donors (Lipinski definition) is 1. The SMILES string of the molecule is CCCOCCOC(c1cccc(F)c1)C(C)N. The van der Waals surface area contributed by atoms with Crippen molar-refractivity contribution in [3.05, 3.63) is 35.6 Å². The second-order valence-corrected chi connectivity index (χ2v) is 4.32. The zero-order valence-electron chi connectivity index (χ0n) is 11.1. The second kappa shape index (κ2) is 8.19. The Hall–Kier alpha value is -0.970. The van der Waals surface area contributed by atoms with Crippen LogP contribution in [0.25, 0.3) is 0 Å². The van der Waals surface area contributed by atoms with Crippen LogP contribution >= 0.6 is 0 Å². The predicted octanol–water partition coefficient (Wildman–Crippen LogP) is 2.66. The number of nitrogens with two attached hydrogens (primary N) is 1. The van der Waals surface area contributed by atoms with Crippen molar-refractivity contribution < 1.29 is 13.9 Å². The molecular formula is C14H22FNO2. The van der Waals surface area contributed by atoms with Gasteiger partial charge in [0.25, 0.3) is 0 Å². The minimum atomic E-state index is -0.300. The van der Waals surface area contributed by atoms with E-state index in [1.165, 1.54) is 12.1 Å². The fourth-order valence-corrected chi connectivity index (χ4v) is 1.72. The number of rotatable bonds is 8. The lowest BCUT2D eigenvalue weighted by molar-refractivity contribution is -0.00482. The molecule has 2 unspecified atom stereocenters. The molecule has 18 heavy (non-hydrogen) atoms. The van der Waals surface area contributed by atoms with E-state index >= 15 is 0 Å². The highest BCUT2D eigenvalue weighted by atomic mass is 19.1. The highest BCUT2D eigenvalue weighted by Gasteiger charge is 2.17. The lowest BCUT2D eigenvalue weighted by Crippen LogP contribution is -2.28. The van der Waals surface area contributed by atoms with Crippen LogP contribution in [0.1, 0.15) is 31.9 Å². The molecular weight excluding hydrogens is 233 g/mol. The van der Waals surface area contributed by atoms with E-state index < -0.39 is 0 Å². The average molecular weight is 255 g/mol. The molecule has 0 bridgehead atoms. The van der Waals surface area contributed by atoms with Crippen molar-refractivity contribution >= 4 is 0 Å². The van der Waals surface area contributed by atoms with Gasteiger partial charge in [0.15, 0.2) is 0 Å². The fourth-order valence-electron chi connectivity index (χ4n) is 1.72. The van der Waals surface area contributed by atoms with E-state index in [0.717, 1.165) is 18.6 Å². The van der Waals surface area contributed by atoms with Gasteiger partial charge in [0.2, 0.25) is 0 Å². The summed E-state index contributed by atoms with van der Waals surface area (Å²) in [6.07, 6.45) is 0.687. The third kappa shape index (κ3) is 5.12. The molecule has 0 spiro atoms. The first-order valence-corrected chi connectivity index (χ1v) is 6.35. The monoisotopic (exact) mass is 255 g/mol. The Balaban J connectivity index is 2.50. The van der Waals surface area contributed by atoms with Gasteiger partial charge >= 0.3 is 0 Å². The summed E-state index contributed by atoms with van der Waals surface area (Å²) in [5.74, 6) is -0.274. The zero-order valence-corrected chi connectivity index (χ0v) is 11.1. The summed E-state index contributed by atoms with van der Waals surface area (Å²) in [5.41, 5.74) is 6.64. The van der Waals surface area contributed by atoms with E-state index in [1.807, 2.05) is 13.0 Å². The van der Waals surface area contributed by atoms with Crippen LogP contribution in [0.3, 0.4) is 0 Å². The maximum absolute atomic E-state index is 13.2. The van der Waals surface area contributed by atoms with Crippen molar-refractivity contribution in [2.45, 2.75) is 32.4 Å². The zero-order chi connectivity index (χ0) is 13.4. The molecule has 1 aromatic rings. The molecule has 0 fully saturated rings. The Morgan fingerprint density at radius 1 is 1.28 bits per heavy atom. The topological polar surface area (TPSA) is 44.5 Å². The molecule has 0 heterocycles. The summed E-state index contributed by atoms with van der Waals surface area (Å²) in [4.78, 5) is 0. The first kappa shape index (κ1) is 15.1. The first-order valence-electron chi connectivity index (χ1n) is 6.35. The Kier molecular flexibility index (Phi) is 6.86. The molecule has 1 rings (SSSR count). The van der Waals surface area contributed by atoms with Gasteiger partial charge in [-0.3, -0.25) is 0 Å². The van der Waals surface area contributed by atoms with Crippen LogP contribution < -0.4 is 5.73 Å². The normalized spacial score (nSPS) is 14.4. The summed E-state index contributed by atoms with van der Waals surface area (Å²) in [7, 11) is 0. The van der Waals surface area contributed by atoms with Gasteiger partial charge in [-0.1, -0.05) is 19.1 Å². The lowest BCUT2D eigenvalue weighted by atomic mass is 10.0. The van der Waals surface area contributed by atoms with E-state index in [1.54, 1.807) is 6.07 Å². The van der Waals surface area contributed by atoms with Crippen molar-refractivity contribution in [1.29, 1.82) is 0 Å². The van der Waals surface area contributed by atoms with Crippen molar-refractivity contribution in [3.63, 3.8) is 0 Å². The average Bonchev–Trinajstić information content (AvgIpc) is 2.33.